The lowest BCUT2D eigenvalue weighted by atomic mass is 10.2. The van der Waals surface area contributed by atoms with Crippen molar-refractivity contribution in [3.8, 4) is 5.88 Å². The second kappa shape index (κ2) is 6.19. The summed E-state index contributed by atoms with van der Waals surface area (Å²) >= 11 is 0. The number of hydrogen-bond acceptors (Lipinski definition) is 6. The molecule has 0 bridgehead atoms. The van der Waals surface area contributed by atoms with Gasteiger partial charge in [-0.05, 0) is 5.56 Å². The van der Waals surface area contributed by atoms with Crippen LogP contribution in [0.5, 0.6) is 5.88 Å². The molecule has 1 saturated heterocycles. The van der Waals surface area contributed by atoms with Gasteiger partial charge in [0.1, 0.15) is 12.4 Å². The van der Waals surface area contributed by atoms with Gasteiger partial charge in [0.25, 0.3) is 0 Å². The third kappa shape index (κ3) is 3.20. The van der Waals surface area contributed by atoms with Gasteiger partial charge in [-0.25, -0.2) is 4.98 Å². The summed E-state index contributed by atoms with van der Waals surface area (Å²) in [5.41, 5.74) is 1.16. The first-order valence-corrected chi connectivity index (χ1v) is 6.93. The summed E-state index contributed by atoms with van der Waals surface area (Å²) in [5, 5.41) is 8.05. The van der Waals surface area contributed by atoms with Gasteiger partial charge in [0, 0.05) is 38.9 Å². The van der Waals surface area contributed by atoms with Crippen molar-refractivity contribution in [1.82, 2.24) is 24.6 Å². The van der Waals surface area contributed by atoms with Crippen LogP contribution >= 0.6 is 0 Å². The second-order valence-electron chi connectivity index (χ2n) is 5.10. The Bertz CT molecular complexity index is 583. The highest BCUT2D eigenvalue weighted by Gasteiger charge is 2.25. The average Bonchev–Trinajstić information content (AvgIpc) is 2.94. The Kier molecular flexibility index (Phi) is 4.12. The van der Waals surface area contributed by atoms with Gasteiger partial charge in [0.05, 0.1) is 13.7 Å². The van der Waals surface area contributed by atoms with Crippen molar-refractivity contribution in [2.24, 2.45) is 7.05 Å². The van der Waals surface area contributed by atoms with Crippen LogP contribution in [0.25, 0.3) is 0 Å². The molecule has 21 heavy (non-hydrogen) atoms. The van der Waals surface area contributed by atoms with Gasteiger partial charge in [-0.2, -0.15) is 0 Å². The molecule has 1 aliphatic heterocycles. The number of ether oxygens (including phenoxy) is 2. The van der Waals surface area contributed by atoms with Crippen LogP contribution in [0.1, 0.15) is 17.5 Å². The normalized spacial score (nSPS) is 19.6. The molecule has 0 saturated carbocycles. The zero-order chi connectivity index (χ0) is 14.7. The summed E-state index contributed by atoms with van der Waals surface area (Å²) in [6.45, 7) is 3.24. The molecule has 1 atom stereocenters. The van der Waals surface area contributed by atoms with Gasteiger partial charge in [0.2, 0.25) is 5.88 Å². The molecular weight excluding hydrogens is 270 g/mol. The van der Waals surface area contributed by atoms with Crippen LogP contribution < -0.4 is 4.74 Å². The SMILES string of the molecule is COc1ccc(CN2CCO[C@H](c3nncn3C)C2)cn1. The van der Waals surface area contributed by atoms with Crippen LogP contribution in [0, 0.1) is 0 Å². The number of nitrogens with zero attached hydrogens (tertiary/aromatic N) is 5. The highest BCUT2D eigenvalue weighted by Crippen LogP contribution is 2.21. The van der Waals surface area contributed by atoms with E-state index in [0.29, 0.717) is 12.5 Å². The van der Waals surface area contributed by atoms with Crippen molar-refractivity contribution < 1.29 is 9.47 Å². The highest BCUT2D eigenvalue weighted by molar-refractivity contribution is 5.17. The molecule has 0 unspecified atom stereocenters. The first kappa shape index (κ1) is 14.0. The number of hydrogen-bond donors (Lipinski definition) is 0. The van der Waals surface area contributed by atoms with Crippen LogP contribution in [0.4, 0.5) is 0 Å². The molecule has 1 fully saturated rings. The van der Waals surface area contributed by atoms with Gasteiger partial charge in [-0.15, -0.1) is 10.2 Å². The minimum absolute atomic E-state index is 0.0301. The van der Waals surface area contributed by atoms with Gasteiger partial charge >= 0.3 is 0 Å². The molecule has 0 N–H and O–H groups in total. The summed E-state index contributed by atoms with van der Waals surface area (Å²) in [4.78, 5) is 6.58. The van der Waals surface area contributed by atoms with Gasteiger partial charge in [-0.1, -0.05) is 6.07 Å². The van der Waals surface area contributed by atoms with Crippen molar-refractivity contribution in [2.45, 2.75) is 12.6 Å². The molecule has 3 rings (SSSR count). The lowest BCUT2D eigenvalue weighted by Crippen LogP contribution is -2.38. The van der Waals surface area contributed by atoms with Crippen molar-refractivity contribution in [3.63, 3.8) is 0 Å². The summed E-state index contributed by atoms with van der Waals surface area (Å²) in [7, 11) is 3.56. The first-order valence-electron chi connectivity index (χ1n) is 6.93. The minimum atomic E-state index is -0.0301. The topological polar surface area (TPSA) is 65.3 Å². The average molecular weight is 289 g/mol. The van der Waals surface area contributed by atoms with E-state index >= 15 is 0 Å². The Hall–Kier alpha value is -1.99. The summed E-state index contributed by atoms with van der Waals surface area (Å²) in [6, 6.07) is 3.93. The Morgan fingerprint density at radius 1 is 1.43 bits per heavy atom. The maximum absolute atomic E-state index is 5.81. The number of rotatable bonds is 4. The van der Waals surface area contributed by atoms with Crippen LogP contribution in [-0.4, -0.2) is 51.5 Å². The van der Waals surface area contributed by atoms with E-state index in [1.807, 2.05) is 29.9 Å². The fourth-order valence-electron chi connectivity index (χ4n) is 2.47. The van der Waals surface area contributed by atoms with Gasteiger partial charge in [0.15, 0.2) is 5.82 Å². The Labute approximate surface area is 123 Å². The molecule has 112 valence electrons. The zero-order valence-electron chi connectivity index (χ0n) is 12.3. The fourth-order valence-corrected chi connectivity index (χ4v) is 2.47. The molecule has 0 amide bonds. The molecule has 3 heterocycles. The molecule has 2 aromatic heterocycles. The number of pyridine rings is 1. The molecule has 0 aromatic carbocycles. The van der Waals surface area contributed by atoms with Crippen molar-refractivity contribution in [2.75, 3.05) is 26.8 Å². The molecule has 7 heteroatoms. The van der Waals surface area contributed by atoms with Crippen LogP contribution in [-0.2, 0) is 18.3 Å². The minimum Gasteiger partial charge on any atom is -0.481 e. The van der Waals surface area contributed by atoms with Crippen molar-refractivity contribution in [3.05, 3.63) is 36.0 Å². The maximum Gasteiger partial charge on any atom is 0.212 e. The lowest BCUT2D eigenvalue weighted by molar-refractivity contribution is -0.0386. The predicted molar refractivity (Wildman–Crippen MR) is 75.8 cm³/mol. The van der Waals surface area contributed by atoms with E-state index in [1.54, 1.807) is 13.4 Å². The number of aromatic nitrogens is 4. The van der Waals surface area contributed by atoms with E-state index in [4.69, 9.17) is 9.47 Å². The Morgan fingerprint density at radius 2 is 2.33 bits per heavy atom. The molecule has 0 radical (unpaired) electrons. The molecule has 0 spiro atoms. The molecule has 1 aliphatic rings. The van der Waals surface area contributed by atoms with Crippen LogP contribution in [0.15, 0.2) is 24.7 Å². The van der Waals surface area contributed by atoms with E-state index in [-0.39, 0.29) is 6.10 Å². The largest absolute Gasteiger partial charge is 0.481 e. The van der Waals surface area contributed by atoms with Crippen LogP contribution in [0.3, 0.4) is 0 Å². The molecule has 0 aliphatic carbocycles. The Balaban J connectivity index is 1.64. The zero-order valence-corrected chi connectivity index (χ0v) is 12.3. The first-order chi connectivity index (χ1) is 10.3. The quantitative estimate of drug-likeness (QED) is 0.829. The highest BCUT2D eigenvalue weighted by atomic mass is 16.5. The van der Waals surface area contributed by atoms with E-state index in [0.717, 1.165) is 31.0 Å². The molecule has 2 aromatic rings. The number of aryl methyl sites for hydroxylation is 1. The second-order valence-corrected chi connectivity index (χ2v) is 5.10. The van der Waals surface area contributed by atoms with E-state index in [1.165, 1.54) is 0 Å². The molecular formula is C14H19N5O2. The monoisotopic (exact) mass is 289 g/mol. The van der Waals surface area contributed by atoms with Gasteiger partial charge < -0.3 is 14.0 Å². The third-order valence-electron chi connectivity index (χ3n) is 3.60. The lowest BCUT2D eigenvalue weighted by Gasteiger charge is -2.32. The van der Waals surface area contributed by atoms with Crippen molar-refractivity contribution in [1.29, 1.82) is 0 Å². The fraction of sp³-hybridized carbons (Fsp3) is 0.500. The summed E-state index contributed by atoms with van der Waals surface area (Å²) in [5.74, 6) is 1.50. The molecule has 7 nitrogen and oxygen atoms in total. The summed E-state index contributed by atoms with van der Waals surface area (Å²) < 4.78 is 12.8. The van der Waals surface area contributed by atoms with E-state index in [9.17, 15) is 0 Å². The van der Waals surface area contributed by atoms with Crippen molar-refractivity contribution >= 4 is 0 Å². The summed E-state index contributed by atoms with van der Waals surface area (Å²) in [6.07, 6.45) is 3.52. The Morgan fingerprint density at radius 3 is 3.00 bits per heavy atom. The van der Waals surface area contributed by atoms with E-state index < -0.39 is 0 Å². The standard InChI is InChI=1S/C14H19N5O2/c1-18-10-16-17-14(18)12-9-19(5-6-21-12)8-11-3-4-13(20-2)15-7-11/h3-4,7,10,12H,5-6,8-9H2,1-2H3/t12-/m0/s1. The number of methoxy groups -OCH3 is 1. The maximum atomic E-state index is 5.81. The third-order valence-corrected chi connectivity index (χ3v) is 3.60. The predicted octanol–water partition coefficient (Wildman–Crippen LogP) is 0.792. The smallest absolute Gasteiger partial charge is 0.212 e. The van der Waals surface area contributed by atoms with Crippen LogP contribution in [0.2, 0.25) is 0 Å². The van der Waals surface area contributed by atoms with E-state index in [2.05, 4.69) is 20.1 Å². The van der Waals surface area contributed by atoms with Gasteiger partial charge in [-0.3, -0.25) is 4.90 Å². The number of morpholine rings is 1.